The SMILES string of the molecule is COc1c(O)ccc2c1-c1ccc3c(c1/C(=C/c1sccc1CN(C)C)O2)C(C)=CC(C)(C)N3. The topological polar surface area (TPSA) is 54.0 Å². The molecule has 0 aliphatic carbocycles. The molecule has 2 N–H and O–H groups in total. The Morgan fingerprint density at radius 3 is 2.65 bits per heavy atom. The largest absolute Gasteiger partial charge is 0.504 e. The van der Waals surface area contributed by atoms with E-state index in [0.717, 1.165) is 40.2 Å². The van der Waals surface area contributed by atoms with Gasteiger partial charge in [-0.1, -0.05) is 12.1 Å². The zero-order valence-corrected chi connectivity index (χ0v) is 21.3. The minimum Gasteiger partial charge on any atom is -0.504 e. The summed E-state index contributed by atoms with van der Waals surface area (Å²) in [6.07, 6.45) is 4.41. The van der Waals surface area contributed by atoms with Crippen molar-refractivity contribution < 1.29 is 14.6 Å². The van der Waals surface area contributed by atoms with Crippen LogP contribution < -0.4 is 14.8 Å². The van der Waals surface area contributed by atoms with E-state index >= 15 is 0 Å². The molecule has 0 spiro atoms. The van der Waals surface area contributed by atoms with Gasteiger partial charge in [0.2, 0.25) is 0 Å². The van der Waals surface area contributed by atoms with Crippen LogP contribution in [0.5, 0.6) is 17.2 Å². The summed E-state index contributed by atoms with van der Waals surface area (Å²) in [6, 6.07) is 9.82. The highest BCUT2D eigenvalue weighted by atomic mass is 32.1. The summed E-state index contributed by atoms with van der Waals surface area (Å²) in [5, 5.41) is 16.3. The Balaban J connectivity index is 1.80. The molecule has 1 aromatic heterocycles. The van der Waals surface area contributed by atoms with E-state index in [2.05, 4.69) is 80.8 Å². The molecular weight excluding hydrogens is 444 g/mol. The summed E-state index contributed by atoms with van der Waals surface area (Å²) in [6.45, 7) is 7.34. The molecule has 0 saturated carbocycles. The van der Waals surface area contributed by atoms with Gasteiger partial charge in [0.1, 0.15) is 11.5 Å². The number of aromatic hydroxyl groups is 1. The number of phenolic OH excluding ortho intramolecular Hbond substituents is 1. The van der Waals surface area contributed by atoms with Crippen molar-refractivity contribution in [1.29, 1.82) is 0 Å². The number of hydrogen-bond acceptors (Lipinski definition) is 6. The molecule has 0 fully saturated rings. The molecule has 2 aromatic carbocycles. The first-order valence-electron chi connectivity index (χ1n) is 11.3. The molecule has 0 bridgehead atoms. The summed E-state index contributed by atoms with van der Waals surface area (Å²) < 4.78 is 12.2. The van der Waals surface area contributed by atoms with Crippen LogP contribution in [0.2, 0.25) is 0 Å². The van der Waals surface area contributed by atoms with Crippen molar-refractivity contribution in [3.05, 3.63) is 63.4 Å². The molecule has 5 nitrogen and oxygen atoms in total. The second kappa shape index (κ2) is 8.22. The van der Waals surface area contributed by atoms with Crippen LogP contribution in [0.15, 0.2) is 41.8 Å². The monoisotopic (exact) mass is 474 g/mol. The van der Waals surface area contributed by atoms with Gasteiger partial charge in [0.25, 0.3) is 0 Å². The van der Waals surface area contributed by atoms with Crippen LogP contribution >= 0.6 is 11.3 Å². The Bertz CT molecular complexity index is 1350. The average Bonchev–Trinajstić information content (AvgIpc) is 3.18. The van der Waals surface area contributed by atoms with Gasteiger partial charge < -0.3 is 24.8 Å². The Kier molecular flexibility index (Phi) is 5.46. The first kappa shape index (κ1) is 22.6. The van der Waals surface area contributed by atoms with Crippen LogP contribution in [0.3, 0.4) is 0 Å². The quantitative estimate of drug-likeness (QED) is 0.441. The third-order valence-electron chi connectivity index (χ3n) is 6.20. The highest BCUT2D eigenvalue weighted by Gasteiger charge is 2.33. The molecule has 5 rings (SSSR count). The lowest BCUT2D eigenvalue weighted by molar-refractivity contribution is 0.371. The van der Waals surface area contributed by atoms with Crippen molar-refractivity contribution in [2.75, 3.05) is 26.5 Å². The number of allylic oxidation sites excluding steroid dienone is 1. The number of anilines is 1. The molecule has 6 heteroatoms. The number of benzene rings is 2. The normalized spacial score (nSPS) is 16.8. The lowest BCUT2D eigenvalue weighted by Gasteiger charge is -2.35. The maximum Gasteiger partial charge on any atom is 0.172 e. The van der Waals surface area contributed by atoms with Gasteiger partial charge in [-0.25, -0.2) is 0 Å². The fourth-order valence-electron chi connectivity index (χ4n) is 5.01. The number of rotatable bonds is 4. The zero-order valence-electron chi connectivity index (χ0n) is 20.4. The maximum absolute atomic E-state index is 10.5. The molecule has 176 valence electrons. The second-order valence-corrected chi connectivity index (χ2v) is 10.7. The van der Waals surface area contributed by atoms with Crippen LogP contribution in [0.25, 0.3) is 28.5 Å². The van der Waals surface area contributed by atoms with Gasteiger partial charge >= 0.3 is 0 Å². The third kappa shape index (κ3) is 3.77. The summed E-state index contributed by atoms with van der Waals surface area (Å²) in [5.74, 6) is 1.99. The molecule has 34 heavy (non-hydrogen) atoms. The fraction of sp³-hybridized carbons (Fsp3) is 0.286. The zero-order chi connectivity index (χ0) is 24.2. The summed E-state index contributed by atoms with van der Waals surface area (Å²) in [5.41, 5.74) is 7.25. The van der Waals surface area contributed by atoms with Gasteiger partial charge in [-0.3, -0.25) is 0 Å². The molecular formula is C28H30N2O3S. The standard InChI is InChI=1S/C28H30N2O3S/c1-16-14-28(2,3)29-19-8-7-18-25(24(16)19)22(13-23-17(11-12-34-23)15-30(4)5)33-21-10-9-20(31)27(32-6)26(18)21/h7-14,29,31H,15H2,1-6H3/b22-13-. The molecule has 0 unspecified atom stereocenters. The van der Waals surface area contributed by atoms with E-state index in [-0.39, 0.29) is 11.3 Å². The Labute approximate surface area is 205 Å². The highest BCUT2D eigenvalue weighted by molar-refractivity contribution is 7.11. The van der Waals surface area contributed by atoms with E-state index in [4.69, 9.17) is 9.47 Å². The van der Waals surface area contributed by atoms with E-state index in [1.54, 1.807) is 24.5 Å². The minimum atomic E-state index is -0.148. The van der Waals surface area contributed by atoms with Crippen LogP contribution in [0.4, 0.5) is 5.69 Å². The highest BCUT2D eigenvalue weighted by Crippen LogP contribution is 2.54. The molecule has 0 radical (unpaired) electrons. The van der Waals surface area contributed by atoms with Crippen molar-refractivity contribution in [3.8, 4) is 28.4 Å². The lowest BCUT2D eigenvalue weighted by atomic mass is 9.83. The van der Waals surface area contributed by atoms with E-state index in [9.17, 15) is 5.11 Å². The summed E-state index contributed by atoms with van der Waals surface area (Å²) >= 11 is 1.71. The number of ether oxygens (including phenoxy) is 2. The van der Waals surface area contributed by atoms with Gasteiger partial charge in [0.05, 0.1) is 18.2 Å². The number of nitrogens with zero attached hydrogens (tertiary/aromatic N) is 1. The van der Waals surface area contributed by atoms with Crippen molar-refractivity contribution in [2.24, 2.45) is 0 Å². The minimum absolute atomic E-state index is 0.0963. The van der Waals surface area contributed by atoms with E-state index < -0.39 is 0 Å². The van der Waals surface area contributed by atoms with E-state index in [1.807, 2.05) is 6.07 Å². The number of nitrogens with one attached hydrogen (secondary N) is 1. The summed E-state index contributed by atoms with van der Waals surface area (Å²) in [4.78, 5) is 3.34. The van der Waals surface area contributed by atoms with Gasteiger partial charge in [-0.05, 0) is 81.7 Å². The first-order valence-corrected chi connectivity index (χ1v) is 12.2. The third-order valence-corrected chi connectivity index (χ3v) is 7.11. The molecule has 0 saturated heterocycles. The molecule has 2 aliphatic rings. The number of thiophene rings is 1. The molecule has 0 amide bonds. The second-order valence-electron chi connectivity index (χ2n) is 9.73. The van der Waals surface area contributed by atoms with Gasteiger partial charge in [-0.15, -0.1) is 11.3 Å². The number of methoxy groups -OCH3 is 1. The fourth-order valence-corrected chi connectivity index (χ4v) is 5.85. The van der Waals surface area contributed by atoms with E-state index in [0.29, 0.717) is 11.5 Å². The van der Waals surface area contributed by atoms with Crippen molar-refractivity contribution in [1.82, 2.24) is 4.90 Å². The smallest absolute Gasteiger partial charge is 0.172 e. The molecule has 3 aromatic rings. The predicted octanol–water partition coefficient (Wildman–Crippen LogP) is 6.69. The summed E-state index contributed by atoms with van der Waals surface area (Å²) in [7, 11) is 5.73. The van der Waals surface area contributed by atoms with Crippen LogP contribution in [0.1, 0.15) is 42.3 Å². The number of phenols is 1. The number of hydrogen-bond donors (Lipinski definition) is 2. The van der Waals surface area contributed by atoms with Crippen molar-refractivity contribution in [3.63, 3.8) is 0 Å². The Morgan fingerprint density at radius 1 is 1.12 bits per heavy atom. The van der Waals surface area contributed by atoms with Gasteiger partial charge in [0, 0.05) is 33.8 Å². The van der Waals surface area contributed by atoms with Crippen LogP contribution in [0, 0.1) is 0 Å². The lowest BCUT2D eigenvalue weighted by Crippen LogP contribution is -2.32. The van der Waals surface area contributed by atoms with Crippen LogP contribution in [-0.2, 0) is 6.54 Å². The molecule has 2 aliphatic heterocycles. The molecule has 0 atom stereocenters. The van der Waals surface area contributed by atoms with Crippen molar-refractivity contribution in [2.45, 2.75) is 32.9 Å². The Hall–Kier alpha value is -3.22. The van der Waals surface area contributed by atoms with Crippen LogP contribution in [-0.4, -0.2) is 36.8 Å². The van der Waals surface area contributed by atoms with Gasteiger partial charge in [-0.2, -0.15) is 0 Å². The molecule has 3 heterocycles. The Morgan fingerprint density at radius 2 is 1.91 bits per heavy atom. The average molecular weight is 475 g/mol. The maximum atomic E-state index is 10.5. The number of fused-ring (bicyclic) bond motifs is 5. The van der Waals surface area contributed by atoms with Gasteiger partial charge in [0.15, 0.2) is 11.5 Å². The first-order chi connectivity index (χ1) is 16.2. The predicted molar refractivity (Wildman–Crippen MR) is 142 cm³/mol. The van der Waals surface area contributed by atoms with E-state index in [1.165, 1.54) is 16.0 Å². The van der Waals surface area contributed by atoms with Crippen molar-refractivity contribution >= 4 is 34.4 Å².